The molecule has 4 rings (SSSR count). The third kappa shape index (κ3) is 7.11. The van der Waals surface area contributed by atoms with E-state index in [1.54, 1.807) is 0 Å². The molecule has 42 heavy (non-hydrogen) atoms. The van der Waals surface area contributed by atoms with Gasteiger partial charge in [0.2, 0.25) is 5.91 Å². The molecule has 230 valence electrons. The number of nitrogens with zero attached hydrogens (tertiary/aromatic N) is 4. The van der Waals surface area contributed by atoms with Gasteiger partial charge in [0.1, 0.15) is 17.0 Å². The van der Waals surface area contributed by atoms with Crippen LogP contribution in [0.1, 0.15) is 44.7 Å². The molecule has 1 N–H and O–H groups in total. The average molecular weight is 618 g/mol. The molecule has 2 saturated heterocycles. The number of methoxy groups -OCH3 is 1. The second kappa shape index (κ2) is 11.0. The van der Waals surface area contributed by atoms with Gasteiger partial charge >= 0.3 is 10.2 Å². The predicted molar refractivity (Wildman–Crippen MR) is 145 cm³/mol. The molecule has 2 fully saturated rings. The SMILES string of the molecule is CO[C@@H]1C[C@H](C(=O)N(c2ccc(S(F)(F)(F)(F)F)cc2)C(C(=O)NC2C[C@@H](C)O[C@@H](C)C2)c2cccnc2)N(C#N)C1. The van der Waals surface area contributed by atoms with Gasteiger partial charge in [-0.25, -0.2) is 0 Å². The number of likely N-dealkylation sites (tertiary alicyclic amines) is 1. The summed E-state index contributed by atoms with van der Waals surface area (Å²) in [6.45, 7) is 3.78. The van der Waals surface area contributed by atoms with E-state index < -0.39 is 45.1 Å². The molecule has 0 bridgehead atoms. The summed E-state index contributed by atoms with van der Waals surface area (Å²) in [6, 6.07) is 1.91. The van der Waals surface area contributed by atoms with E-state index >= 15 is 0 Å². The van der Waals surface area contributed by atoms with Crippen molar-refractivity contribution in [2.75, 3.05) is 18.6 Å². The maximum Gasteiger partial charge on any atom is 0.310 e. The molecule has 2 aliphatic heterocycles. The van der Waals surface area contributed by atoms with E-state index in [4.69, 9.17) is 9.47 Å². The van der Waals surface area contributed by atoms with Crippen LogP contribution < -0.4 is 10.2 Å². The van der Waals surface area contributed by atoms with Gasteiger partial charge in [0, 0.05) is 43.2 Å². The number of hydrogen-bond acceptors (Lipinski definition) is 7. The molecule has 0 saturated carbocycles. The molecule has 3 heterocycles. The zero-order chi connectivity index (χ0) is 30.9. The van der Waals surface area contributed by atoms with Crippen molar-refractivity contribution in [1.29, 1.82) is 5.26 Å². The Hall–Kier alpha value is -3.48. The number of carbonyl (C=O) groups excluding carboxylic acids is 2. The molecule has 2 amide bonds. The summed E-state index contributed by atoms with van der Waals surface area (Å²) in [6.07, 6.45) is 4.86. The second-order valence-corrected chi connectivity index (χ2v) is 13.1. The van der Waals surface area contributed by atoms with Gasteiger partial charge in [0.25, 0.3) is 5.91 Å². The third-order valence-electron chi connectivity index (χ3n) is 7.36. The van der Waals surface area contributed by atoms with Crippen LogP contribution in [0.2, 0.25) is 0 Å². The number of aromatic nitrogens is 1. The minimum atomic E-state index is -10.0. The lowest BCUT2D eigenvalue weighted by Crippen LogP contribution is -2.52. The number of nitrogens with one attached hydrogen (secondary N) is 1. The zero-order valence-corrected chi connectivity index (χ0v) is 23.9. The normalized spacial score (nSPS) is 26.8. The third-order valence-corrected chi connectivity index (χ3v) is 8.52. The Balaban J connectivity index is 1.82. The van der Waals surface area contributed by atoms with E-state index in [2.05, 4.69) is 10.3 Å². The molecule has 0 radical (unpaired) electrons. The molecule has 15 heteroatoms. The Kier molecular flexibility index (Phi) is 8.22. The van der Waals surface area contributed by atoms with Crippen LogP contribution in [0.25, 0.3) is 0 Å². The average Bonchev–Trinajstić information content (AvgIpc) is 3.34. The summed E-state index contributed by atoms with van der Waals surface area (Å²) in [4.78, 5) is 32.2. The molecule has 1 aromatic carbocycles. The van der Waals surface area contributed by atoms with Crippen LogP contribution in [0.4, 0.5) is 25.1 Å². The van der Waals surface area contributed by atoms with Crippen LogP contribution in [0.15, 0.2) is 53.7 Å². The zero-order valence-electron chi connectivity index (χ0n) is 23.1. The minimum Gasteiger partial charge on any atom is -0.379 e. The molecule has 2 aliphatic rings. The Morgan fingerprint density at radius 1 is 1.12 bits per heavy atom. The highest BCUT2D eigenvalue weighted by atomic mass is 32.5. The lowest BCUT2D eigenvalue weighted by molar-refractivity contribution is -0.129. The van der Waals surface area contributed by atoms with E-state index in [0.717, 1.165) is 21.9 Å². The number of halogens is 5. The van der Waals surface area contributed by atoms with Crippen molar-refractivity contribution >= 4 is 27.7 Å². The fourth-order valence-corrected chi connectivity index (χ4v) is 6.15. The highest BCUT2D eigenvalue weighted by Gasteiger charge is 2.65. The Morgan fingerprint density at radius 2 is 1.76 bits per heavy atom. The smallest absolute Gasteiger partial charge is 0.310 e. The fraction of sp³-hybridized carbons (Fsp3) is 0.481. The van der Waals surface area contributed by atoms with Crippen LogP contribution >= 0.6 is 10.2 Å². The first kappa shape index (κ1) is 31.5. The first-order valence-electron chi connectivity index (χ1n) is 13.2. The maximum absolute atomic E-state index is 14.2. The lowest BCUT2D eigenvalue weighted by Gasteiger charge is -2.41. The van der Waals surface area contributed by atoms with Crippen LogP contribution in [-0.4, -0.2) is 65.7 Å². The maximum atomic E-state index is 14.2. The molecule has 2 aromatic rings. The largest absolute Gasteiger partial charge is 0.379 e. The van der Waals surface area contributed by atoms with Crippen molar-refractivity contribution in [2.24, 2.45) is 0 Å². The van der Waals surface area contributed by atoms with Gasteiger partial charge < -0.3 is 14.8 Å². The summed E-state index contributed by atoms with van der Waals surface area (Å²) < 4.78 is 78.7. The van der Waals surface area contributed by atoms with Gasteiger partial charge in [0.15, 0.2) is 6.19 Å². The van der Waals surface area contributed by atoms with Gasteiger partial charge in [-0.15, -0.1) is 0 Å². The van der Waals surface area contributed by atoms with Crippen molar-refractivity contribution in [3.63, 3.8) is 0 Å². The van der Waals surface area contributed by atoms with E-state index in [-0.39, 0.29) is 54.6 Å². The van der Waals surface area contributed by atoms with Gasteiger partial charge in [-0.1, -0.05) is 25.5 Å². The Bertz CT molecular complexity index is 1330. The van der Waals surface area contributed by atoms with Gasteiger partial charge in [0.05, 0.1) is 24.9 Å². The number of rotatable bonds is 8. The van der Waals surface area contributed by atoms with Crippen molar-refractivity contribution < 1.29 is 38.5 Å². The number of nitriles is 1. The summed E-state index contributed by atoms with van der Waals surface area (Å²) in [5.41, 5.74) is -0.0276. The number of benzene rings is 1. The molecule has 0 aliphatic carbocycles. The number of carbonyl (C=O) groups is 2. The van der Waals surface area contributed by atoms with Crippen molar-refractivity contribution in [3.05, 3.63) is 54.4 Å². The quantitative estimate of drug-likeness (QED) is 0.310. The Morgan fingerprint density at radius 3 is 2.29 bits per heavy atom. The molecular weight excluding hydrogens is 585 g/mol. The number of ether oxygens (including phenoxy) is 2. The van der Waals surface area contributed by atoms with E-state index in [1.807, 2.05) is 20.0 Å². The van der Waals surface area contributed by atoms with Crippen LogP contribution in [0.3, 0.4) is 0 Å². The van der Waals surface area contributed by atoms with Crippen molar-refractivity contribution in [2.45, 2.75) is 74.4 Å². The molecule has 0 spiro atoms. The lowest BCUT2D eigenvalue weighted by atomic mass is 9.98. The van der Waals surface area contributed by atoms with Crippen LogP contribution in [-0.2, 0) is 19.1 Å². The Labute approximate surface area is 240 Å². The molecule has 9 nitrogen and oxygen atoms in total. The number of hydrogen-bond donors (Lipinski definition) is 1. The van der Waals surface area contributed by atoms with Gasteiger partial charge in [-0.2, -0.15) is 5.26 Å². The topological polar surface area (TPSA) is 108 Å². The first-order valence-corrected chi connectivity index (χ1v) is 15.2. The second-order valence-electron chi connectivity index (χ2n) is 10.7. The van der Waals surface area contributed by atoms with E-state index in [9.17, 15) is 34.3 Å². The summed E-state index contributed by atoms with van der Waals surface area (Å²) in [5, 5.41) is 12.6. The highest BCUT2D eigenvalue weighted by molar-refractivity contribution is 8.45. The van der Waals surface area contributed by atoms with Crippen LogP contribution in [0, 0.1) is 11.5 Å². The minimum absolute atomic E-state index is 0.0549. The monoisotopic (exact) mass is 617 g/mol. The molecule has 2 unspecified atom stereocenters. The summed E-state index contributed by atoms with van der Waals surface area (Å²) >= 11 is 0. The number of amides is 2. The number of pyridine rings is 1. The predicted octanol–water partition coefficient (Wildman–Crippen LogP) is 5.46. The first-order chi connectivity index (χ1) is 19.5. The molecule has 1 aromatic heterocycles. The van der Waals surface area contributed by atoms with E-state index in [1.165, 1.54) is 31.6 Å². The van der Waals surface area contributed by atoms with Crippen molar-refractivity contribution in [3.8, 4) is 6.19 Å². The fourth-order valence-electron chi connectivity index (χ4n) is 5.50. The van der Waals surface area contributed by atoms with Crippen molar-refractivity contribution in [1.82, 2.24) is 15.2 Å². The van der Waals surface area contributed by atoms with Gasteiger partial charge in [-0.3, -0.25) is 24.4 Å². The van der Waals surface area contributed by atoms with Gasteiger partial charge in [-0.05, 0) is 57.0 Å². The summed E-state index contributed by atoms with van der Waals surface area (Å²) in [7, 11) is -8.62. The molecular formula is C27H32F5N5O4S. The number of anilines is 1. The van der Waals surface area contributed by atoms with E-state index in [0.29, 0.717) is 12.8 Å². The standard InChI is InChI=1S/C27H32F5N5O4S/c1-17-11-20(12-18(2)41-17)35-26(38)25(19-5-4-10-34-14-19)37(27(39)24-13-22(40-3)15-36(24)16-33)21-6-8-23(9-7-21)42(28,29,30,31)32/h4-10,14,17-18,20,22,24-25H,11-13,15H2,1-3H3,(H,35,38)/t17-,18+,20?,22-,24-,25?/m1/s1. The van der Waals surface area contributed by atoms with Crippen LogP contribution in [0.5, 0.6) is 0 Å². The summed E-state index contributed by atoms with van der Waals surface area (Å²) in [5.74, 6) is -1.46. The molecule has 6 atom stereocenters. The highest BCUT2D eigenvalue weighted by Crippen LogP contribution is 3.02.